The van der Waals surface area contributed by atoms with Crippen molar-refractivity contribution in [2.24, 2.45) is 5.92 Å². The average Bonchev–Trinajstić information content (AvgIpc) is 2.70. The van der Waals surface area contributed by atoms with E-state index in [9.17, 15) is 0 Å². The summed E-state index contributed by atoms with van der Waals surface area (Å²) in [5.41, 5.74) is 0. The van der Waals surface area contributed by atoms with Gasteiger partial charge in [0.1, 0.15) is 0 Å². The maximum absolute atomic E-state index is 5.09. The molecule has 1 aliphatic carbocycles. The van der Waals surface area contributed by atoms with E-state index in [1.807, 2.05) is 0 Å². The molecule has 1 saturated carbocycles. The normalized spacial score (nSPS) is 19.5. The van der Waals surface area contributed by atoms with Gasteiger partial charge in [-0.15, -0.1) is 0 Å². The highest BCUT2D eigenvalue weighted by molar-refractivity contribution is 4.71. The van der Waals surface area contributed by atoms with Crippen LogP contribution in [-0.4, -0.2) is 51.3 Å². The van der Waals surface area contributed by atoms with Crippen LogP contribution in [0.15, 0.2) is 0 Å². The Morgan fingerprint density at radius 2 is 2.06 bits per heavy atom. The Hall–Kier alpha value is -0.120. The Bertz CT molecular complexity index is 169. The summed E-state index contributed by atoms with van der Waals surface area (Å²) in [6, 6.07) is 0.463. The SMILES string of the molecule is COCC(C)NCCN(C)CC1CCCC1. The zero-order chi connectivity index (χ0) is 11.8. The minimum Gasteiger partial charge on any atom is -0.383 e. The summed E-state index contributed by atoms with van der Waals surface area (Å²) >= 11 is 0. The quantitative estimate of drug-likeness (QED) is 0.685. The largest absolute Gasteiger partial charge is 0.383 e. The van der Waals surface area contributed by atoms with E-state index in [1.165, 1.54) is 32.2 Å². The molecule has 0 amide bonds. The first-order valence-electron chi connectivity index (χ1n) is 6.63. The number of nitrogens with zero attached hydrogens (tertiary/aromatic N) is 1. The van der Waals surface area contributed by atoms with Gasteiger partial charge < -0.3 is 15.0 Å². The van der Waals surface area contributed by atoms with Gasteiger partial charge >= 0.3 is 0 Å². The second kappa shape index (κ2) is 8.04. The van der Waals surface area contributed by atoms with Gasteiger partial charge in [0.05, 0.1) is 6.61 Å². The third-order valence-electron chi connectivity index (χ3n) is 3.45. The number of nitrogens with one attached hydrogen (secondary N) is 1. The van der Waals surface area contributed by atoms with Gasteiger partial charge in [0, 0.05) is 32.8 Å². The van der Waals surface area contributed by atoms with E-state index in [1.54, 1.807) is 7.11 Å². The molecule has 1 N–H and O–H groups in total. The lowest BCUT2D eigenvalue weighted by Gasteiger charge is -2.22. The molecule has 0 bridgehead atoms. The maximum Gasteiger partial charge on any atom is 0.0613 e. The number of hydrogen-bond donors (Lipinski definition) is 1. The molecule has 0 aromatic carbocycles. The Morgan fingerprint density at radius 1 is 1.38 bits per heavy atom. The molecule has 0 aromatic heterocycles. The summed E-state index contributed by atoms with van der Waals surface area (Å²) in [4.78, 5) is 2.46. The second-order valence-electron chi connectivity index (χ2n) is 5.22. The molecular weight excluding hydrogens is 200 g/mol. The van der Waals surface area contributed by atoms with Gasteiger partial charge in [-0.25, -0.2) is 0 Å². The van der Waals surface area contributed by atoms with Crippen LogP contribution in [0.2, 0.25) is 0 Å². The summed E-state index contributed by atoms with van der Waals surface area (Å²) in [6.45, 7) is 6.45. The molecule has 0 saturated heterocycles. The standard InChI is InChI=1S/C13H28N2O/c1-12(11-16-3)14-8-9-15(2)10-13-6-4-5-7-13/h12-14H,4-11H2,1-3H3. The van der Waals surface area contributed by atoms with Crippen LogP contribution in [0, 0.1) is 5.92 Å². The minimum atomic E-state index is 0.463. The average molecular weight is 228 g/mol. The molecular formula is C13H28N2O. The van der Waals surface area contributed by atoms with Crippen molar-refractivity contribution in [1.29, 1.82) is 0 Å². The Morgan fingerprint density at radius 3 is 2.69 bits per heavy atom. The summed E-state index contributed by atoms with van der Waals surface area (Å²) in [5, 5.41) is 3.47. The van der Waals surface area contributed by atoms with Crippen molar-refractivity contribution in [3.8, 4) is 0 Å². The van der Waals surface area contributed by atoms with Crippen molar-refractivity contribution in [3.63, 3.8) is 0 Å². The van der Waals surface area contributed by atoms with Crippen molar-refractivity contribution >= 4 is 0 Å². The molecule has 0 heterocycles. The Labute approximate surface area is 101 Å². The Balaban J connectivity index is 1.98. The maximum atomic E-state index is 5.09. The fraction of sp³-hybridized carbons (Fsp3) is 1.00. The monoisotopic (exact) mass is 228 g/mol. The molecule has 1 fully saturated rings. The van der Waals surface area contributed by atoms with Gasteiger partial charge in [0.2, 0.25) is 0 Å². The molecule has 3 nitrogen and oxygen atoms in total. The lowest BCUT2D eigenvalue weighted by molar-refractivity contribution is 0.169. The lowest BCUT2D eigenvalue weighted by atomic mass is 10.1. The van der Waals surface area contributed by atoms with Crippen molar-refractivity contribution in [2.75, 3.05) is 40.4 Å². The molecule has 16 heavy (non-hydrogen) atoms. The number of methoxy groups -OCH3 is 1. The van der Waals surface area contributed by atoms with Gasteiger partial charge in [0.15, 0.2) is 0 Å². The van der Waals surface area contributed by atoms with E-state index < -0.39 is 0 Å². The van der Waals surface area contributed by atoms with Crippen molar-refractivity contribution in [1.82, 2.24) is 10.2 Å². The number of hydrogen-bond acceptors (Lipinski definition) is 3. The topological polar surface area (TPSA) is 24.5 Å². The van der Waals surface area contributed by atoms with Crippen LogP contribution in [0.4, 0.5) is 0 Å². The third kappa shape index (κ3) is 5.83. The van der Waals surface area contributed by atoms with E-state index in [0.29, 0.717) is 6.04 Å². The summed E-state index contributed by atoms with van der Waals surface area (Å²) in [7, 11) is 3.99. The first-order valence-corrected chi connectivity index (χ1v) is 6.63. The van der Waals surface area contributed by atoms with Crippen LogP contribution < -0.4 is 5.32 Å². The summed E-state index contributed by atoms with van der Waals surface area (Å²) in [6.07, 6.45) is 5.78. The molecule has 1 atom stereocenters. The van der Waals surface area contributed by atoms with E-state index in [-0.39, 0.29) is 0 Å². The fourth-order valence-corrected chi connectivity index (χ4v) is 2.54. The first-order chi connectivity index (χ1) is 7.72. The molecule has 0 aliphatic heterocycles. The van der Waals surface area contributed by atoms with Crippen molar-refractivity contribution < 1.29 is 4.74 Å². The van der Waals surface area contributed by atoms with Crippen molar-refractivity contribution in [2.45, 2.75) is 38.6 Å². The number of rotatable bonds is 8. The highest BCUT2D eigenvalue weighted by Crippen LogP contribution is 2.24. The predicted molar refractivity (Wildman–Crippen MR) is 68.8 cm³/mol. The molecule has 0 radical (unpaired) electrons. The molecule has 3 heteroatoms. The van der Waals surface area contributed by atoms with E-state index in [0.717, 1.165) is 25.6 Å². The number of ether oxygens (including phenoxy) is 1. The molecule has 1 rings (SSSR count). The Kier molecular flexibility index (Phi) is 7.01. The molecule has 0 spiro atoms. The summed E-state index contributed by atoms with van der Waals surface area (Å²) < 4.78 is 5.09. The molecule has 1 aliphatic rings. The van der Waals surface area contributed by atoms with Crippen LogP contribution in [0.1, 0.15) is 32.6 Å². The van der Waals surface area contributed by atoms with Crippen LogP contribution >= 0.6 is 0 Å². The second-order valence-corrected chi connectivity index (χ2v) is 5.22. The van der Waals surface area contributed by atoms with Crippen LogP contribution in [0.5, 0.6) is 0 Å². The van der Waals surface area contributed by atoms with E-state index in [4.69, 9.17) is 4.74 Å². The van der Waals surface area contributed by atoms with Gasteiger partial charge in [-0.1, -0.05) is 12.8 Å². The number of likely N-dealkylation sites (N-methyl/N-ethyl adjacent to an activating group) is 1. The van der Waals surface area contributed by atoms with Crippen LogP contribution in [0.25, 0.3) is 0 Å². The zero-order valence-electron chi connectivity index (χ0n) is 11.2. The van der Waals surface area contributed by atoms with Gasteiger partial charge in [-0.3, -0.25) is 0 Å². The first kappa shape index (κ1) is 13.9. The van der Waals surface area contributed by atoms with Gasteiger partial charge in [-0.05, 0) is 32.7 Å². The van der Waals surface area contributed by atoms with Gasteiger partial charge in [0.25, 0.3) is 0 Å². The molecule has 0 aromatic rings. The van der Waals surface area contributed by atoms with Gasteiger partial charge in [-0.2, -0.15) is 0 Å². The summed E-state index contributed by atoms with van der Waals surface area (Å²) in [5.74, 6) is 0.960. The van der Waals surface area contributed by atoms with E-state index in [2.05, 4.69) is 24.2 Å². The van der Waals surface area contributed by atoms with E-state index >= 15 is 0 Å². The van der Waals surface area contributed by atoms with Crippen LogP contribution in [-0.2, 0) is 4.74 Å². The predicted octanol–water partition coefficient (Wildman–Crippen LogP) is 1.73. The highest BCUT2D eigenvalue weighted by Gasteiger charge is 2.16. The smallest absolute Gasteiger partial charge is 0.0613 e. The van der Waals surface area contributed by atoms with Crippen LogP contribution in [0.3, 0.4) is 0 Å². The zero-order valence-corrected chi connectivity index (χ0v) is 11.2. The minimum absolute atomic E-state index is 0.463. The lowest BCUT2D eigenvalue weighted by Crippen LogP contribution is -2.37. The highest BCUT2D eigenvalue weighted by atomic mass is 16.5. The van der Waals surface area contributed by atoms with Crippen molar-refractivity contribution in [3.05, 3.63) is 0 Å². The fourth-order valence-electron chi connectivity index (χ4n) is 2.54. The molecule has 1 unspecified atom stereocenters. The molecule has 96 valence electrons. The third-order valence-corrected chi connectivity index (χ3v) is 3.45.